The molecule has 0 aliphatic rings. The molecule has 0 saturated carbocycles. The Morgan fingerprint density at radius 2 is 2.11 bits per heavy atom. The van der Waals surface area contributed by atoms with Gasteiger partial charge in [-0.2, -0.15) is 5.10 Å². The Balaban J connectivity index is 2.55. The minimum Gasteiger partial charge on any atom is -0.444 e. The second-order valence-corrected chi connectivity index (χ2v) is 5.53. The number of carbonyl (C=O) groups excluding carboxylic acids is 1. The van der Waals surface area contributed by atoms with Crippen LogP contribution in [0.25, 0.3) is 0 Å². The fourth-order valence-electron chi connectivity index (χ4n) is 1.36. The van der Waals surface area contributed by atoms with Gasteiger partial charge in [0.1, 0.15) is 11.2 Å². The molecule has 0 radical (unpaired) electrons. The van der Waals surface area contributed by atoms with E-state index in [1.807, 2.05) is 0 Å². The molecule has 1 aromatic rings. The van der Waals surface area contributed by atoms with E-state index in [-0.39, 0.29) is 6.54 Å². The zero-order valence-electron chi connectivity index (χ0n) is 11.5. The highest BCUT2D eigenvalue weighted by atomic mass is 16.6. The summed E-state index contributed by atoms with van der Waals surface area (Å²) in [7, 11) is 1.76. The molecule has 1 heterocycles. The van der Waals surface area contributed by atoms with E-state index < -0.39 is 17.3 Å². The van der Waals surface area contributed by atoms with Crippen LogP contribution in [-0.2, 0) is 17.4 Å². The molecule has 0 unspecified atom stereocenters. The molecule has 18 heavy (non-hydrogen) atoms. The smallest absolute Gasteiger partial charge is 0.407 e. The van der Waals surface area contributed by atoms with Crippen molar-refractivity contribution in [1.82, 2.24) is 15.1 Å². The Hall–Kier alpha value is -1.56. The van der Waals surface area contributed by atoms with E-state index in [4.69, 9.17) is 4.74 Å². The number of aryl methyl sites for hydroxylation is 1. The highest BCUT2D eigenvalue weighted by Gasteiger charge is 2.26. The summed E-state index contributed by atoms with van der Waals surface area (Å²) in [6.45, 7) is 7.03. The molecule has 0 bridgehead atoms. The van der Waals surface area contributed by atoms with E-state index in [1.54, 1.807) is 51.8 Å². The zero-order chi connectivity index (χ0) is 14.0. The first-order valence-electron chi connectivity index (χ1n) is 5.78. The Morgan fingerprint density at radius 3 is 2.56 bits per heavy atom. The van der Waals surface area contributed by atoms with Crippen molar-refractivity contribution in [1.29, 1.82) is 0 Å². The molecule has 0 aliphatic carbocycles. The van der Waals surface area contributed by atoms with Crippen LogP contribution in [0.3, 0.4) is 0 Å². The first-order chi connectivity index (χ1) is 8.10. The lowest BCUT2D eigenvalue weighted by Gasteiger charge is -2.24. The third-order valence-corrected chi connectivity index (χ3v) is 2.30. The van der Waals surface area contributed by atoms with Gasteiger partial charge < -0.3 is 15.2 Å². The van der Waals surface area contributed by atoms with Crippen molar-refractivity contribution in [3.8, 4) is 0 Å². The van der Waals surface area contributed by atoms with Gasteiger partial charge in [0, 0.05) is 18.8 Å². The fourth-order valence-corrected chi connectivity index (χ4v) is 1.36. The molecule has 0 aromatic carbocycles. The summed E-state index contributed by atoms with van der Waals surface area (Å²) in [4.78, 5) is 11.5. The molecule has 1 amide bonds. The number of aliphatic hydroxyl groups is 1. The minimum atomic E-state index is -1.18. The van der Waals surface area contributed by atoms with Crippen molar-refractivity contribution in [2.75, 3.05) is 6.54 Å². The van der Waals surface area contributed by atoms with Crippen molar-refractivity contribution in [2.24, 2.45) is 7.05 Å². The van der Waals surface area contributed by atoms with Crippen LogP contribution in [0.2, 0.25) is 0 Å². The Morgan fingerprint density at radius 1 is 1.50 bits per heavy atom. The van der Waals surface area contributed by atoms with Gasteiger partial charge in [0.2, 0.25) is 0 Å². The summed E-state index contributed by atoms with van der Waals surface area (Å²) in [6, 6.07) is 0. The van der Waals surface area contributed by atoms with Crippen LogP contribution in [0.1, 0.15) is 33.3 Å². The summed E-state index contributed by atoms with van der Waals surface area (Å²) in [5.74, 6) is 0. The van der Waals surface area contributed by atoms with Crippen LogP contribution in [-0.4, -0.2) is 33.1 Å². The number of hydrogen-bond donors (Lipinski definition) is 2. The average molecular weight is 255 g/mol. The normalized spacial score (nSPS) is 15.0. The van der Waals surface area contributed by atoms with Gasteiger partial charge in [0.25, 0.3) is 0 Å². The molecular formula is C12H21N3O3. The third-order valence-electron chi connectivity index (χ3n) is 2.30. The lowest BCUT2D eigenvalue weighted by molar-refractivity contribution is 0.0316. The molecule has 2 N–H and O–H groups in total. The van der Waals surface area contributed by atoms with Gasteiger partial charge in [-0.3, -0.25) is 4.68 Å². The van der Waals surface area contributed by atoms with E-state index in [0.717, 1.165) is 0 Å². The van der Waals surface area contributed by atoms with Gasteiger partial charge in [0.15, 0.2) is 0 Å². The first kappa shape index (κ1) is 14.5. The average Bonchev–Trinajstić information content (AvgIpc) is 2.60. The van der Waals surface area contributed by atoms with Crippen molar-refractivity contribution >= 4 is 6.09 Å². The molecule has 102 valence electrons. The van der Waals surface area contributed by atoms with Gasteiger partial charge in [-0.1, -0.05) is 0 Å². The summed E-state index contributed by atoms with van der Waals surface area (Å²) < 4.78 is 6.69. The van der Waals surface area contributed by atoms with Crippen molar-refractivity contribution in [2.45, 2.75) is 38.9 Å². The second-order valence-electron chi connectivity index (χ2n) is 5.53. The monoisotopic (exact) mass is 255 g/mol. The van der Waals surface area contributed by atoms with Gasteiger partial charge in [0.05, 0.1) is 12.7 Å². The highest BCUT2D eigenvalue weighted by Crippen LogP contribution is 2.18. The number of hydrogen-bond acceptors (Lipinski definition) is 4. The van der Waals surface area contributed by atoms with Crippen molar-refractivity contribution in [3.05, 3.63) is 18.0 Å². The fraction of sp³-hybridized carbons (Fsp3) is 0.667. The minimum absolute atomic E-state index is 0.0631. The molecule has 0 saturated heterocycles. The maximum absolute atomic E-state index is 11.5. The highest BCUT2D eigenvalue weighted by molar-refractivity contribution is 5.67. The molecule has 1 rings (SSSR count). The summed E-state index contributed by atoms with van der Waals surface area (Å²) in [6.07, 6.45) is 2.72. The molecule has 0 aliphatic heterocycles. The van der Waals surface area contributed by atoms with Crippen molar-refractivity contribution in [3.63, 3.8) is 0 Å². The number of carbonyl (C=O) groups is 1. The summed E-state index contributed by atoms with van der Waals surface area (Å²) >= 11 is 0. The van der Waals surface area contributed by atoms with Crippen LogP contribution in [0.15, 0.2) is 12.4 Å². The molecule has 6 heteroatoms. The molecule has 1 aromatic heterocycles. The maximum Gasteiger partial charge on any atom is 0.407 e. The maximum atomic E-state index is 11.5. The van der Waals surface area contributed by atoms with E-state index in [2.05, 4.69) is 10.4 Å². The number of ether oxygens (including phenoxy) is 1. The number of nitrogens with one attached hydrogen (secondary N) is 1. The predicted octanol–water partition coefficient (Wildman–Crippen LogP) is 1.15. The topological polar surface area (TPSA) is 76.4 Å². The van der Waals surface area contributed by atoms with Gasteiger partial charge in [-0.25, -0.2) is 4.79 Å². The number of nitrogens with zero attached hydrogens (tertiary/aromatic N) is 2. The SMILES string of the molecule is Cn1cc([C@](C)(O)CNC(=O)OC(C)(C)C)cn1. The predicted molar refractivity (Wildman–Crippen MR) is 67.0 cm³/mol. The Labute approximate surface area is 107 Å². The van der Waals surface area contributed by atoms with E-state index >= 15 is 0 Å². The van der Waals surface area contributed by atoms with Gasteiger partial charge >= 0.3 is 6.09 Å². The molecule has 1 atom stereocenters. The van der Waals surface area contributed by atoms with Crippen molar-refractivity contribution < 1.29 is 14.6 Å². The summed E-state index contributed by atoms with van der Waals surface area (Å²) in [5.41, 5.74) is -1.09. The van der Waals surface area contributed by atoms with Crippen LogP contribution in [0.4, 0.5) is 4.79 Å². The largest absolute Gasteiger partial charge is 0.444 e. The molecule has 0 fully saturated rings. The van der Waals surface area contributed by atoms with E-state index in [0.29, 0.717) is 5.56 Å². The lowest BCUT2D eigenvalue weighted by Crippen LogP contribution is -2.41. The van der Waals surface area contributed by atoms with Crippen LogP contribution < -0.4 is 5.32 Å². The standard InChI is InChI=1S/C12H21N3O3/c1-11(2,3)18-10(16)13-8-12(4,17)9-6-14-15(5)7-9/h6-7,17H,8H2,1-5H3,(H,13,16)/t12-/m1/s1. The zero-order valence-corrected chi connectivity index (χ0v) is 11.5. The van der Waals surface area contributed by atoms with Gasteiger partial charge in [-0.15, -0.1) is 0 Å². The number of aromatic nitrogens is 2. The number of amides is 1. The van der Waals surface area contributed by atoms with E-state index in [1.165, 1.54) is 0 Å². The Bertz CT molecular complexity index is 418. The molecule has 0 spiro atoms. The Kier molecular flexibility index (Phi) is 4.01. The van der Waals surface area contributed by atoms with Crippen LogP contribution in [0, 0.1) is 0 Å². The molecular weight excluding hydrogens is 234 g/mol. The van der Waals surface area contributed by atoms with E-state index in [9.17, 15) is 9.90 Å². The summed E-state index contributed by atoms with van der Waals surface area (Å²) in [5, 5.41) is 16.7. The molecule has 6 nitrogen and oxygen atoms in total. The first-order valence-corrected chi connectivity index (χ1v) is 5.78. The number of rotatable bonds is 3. The van der Waals surface area contributed by atoms with Crippen LogP contribution >= 0.6 is 0 Å². The third kappa shape index (κ3) is 4.37. The second kappa shape index (κ2) is 4.97. The van der Waals surface area contributed by atoms with Crippen LogP contribution in [0.5, 0.6) is 0 Å². The number of alkyl carbamates (subject to hydrolysis) is 1. The lowest BCUT2D eigenvalue weighted by atomic mass is 10.00. The quantitative estimate of drug-likeness (QED) is 0.849. The van der Waals surface area contributed by atoms with Gasteiger partial charge in [-0.05, 0) is 27.7 Å².